The Morgan fingerprint density at radius 2 is 1.74 bits per heavy atom. The van der Waals surface area contributed by atoms with E-state index in [4.69, 9.17) is 9.57 Å². The van der Waals surface area contributed by atoms with Gasteiger partial charge in [0, 0.05) is 12.8 Å². The second kappa shape index (κ2) is 11.3. The molecular weight excluding hydrogens is 490 g/mol. The summed E-state index contributed by atoms with van der Waals surface area (Å²) in [4.78, 5) is 40.7. The van der Waals surface area contributed by atoms with E-state index in [0.29, 0.717) is 10.5 Å². The molecule has 1 saturated heterocycles. The van der Waals surface area contributed by atoms with Gasteiger partial charge in [0.2, 0.25) is 0 Å². The smallest absolute Gasteiger partial charge is 0.358 e. The average molecular weight is 542 g/mol. The first-order chi connectivity index (χ1) is 18.5. The summed E-state index contributed by atoms with van der Waals surface area (Å²) in [6, 6.07) is 0. The van der Waals surface area contributed by atoms with Crippen molar-refractivity contribution < 1.29 is 24.0 Å². The number of ether oxygens (including phenoxy) is 1. The van der Waals surface area contributed by atoms with Crippen LogP contribution in [-0.4, -0.2) is 35.6 Å². The van der Waals surface area contributed by atoms with Crippen molar-refractivity contribution in [1.29, 1.82) is 0 Å². The summed E-state index contributed by atoms with van der Waals surface area (Å²) in [5.41, 5.74) is 2.26. The molecule has 6 nitrogen and oxygen atoms in total. The highest BCUT2D eigenvalue weighted by molar-refractivity contribution is 6.01. The first-order valence-electron chi connectivity index (χ1n) is 15.9. The molecule has 2 amide bonds. The second-order valence-corrected chi connectivity index (χ2v) is 14.5. The van der Waals surface area contributed by atoms with Crippen molar-refractivity contribution in [2.45, 2.75) is 124 Å². The Kier molecular flexibility index (Phi) is 8.35. The lowest BCUT2D eigenvalue weighted by Crippen LogP contribution is -2.51. The zero-order chi connectivity index (χ0) is 27.9. The van der Waals surface area contributed by atoms with Gasteiger partial charge in [-0.15, -0.1) is 5.06 Å². The van der Waals surface area contributed by atoms with Crippen LogP contribution in [0.2, 0.25) is 0 Å². The van der Waals surface area contributed by atoms with Crippen LogP contribution in [0.15, 0.2) is 11.6 Å². The number of carbonyl (C=O) groups excluding carboxylic acids is 3. The molecule has 0 radical (unpaired) electrons. The van der Waals surface area contributed by atoms with Crippen LogP contribution in [0.4, 0.5) is 0 Å². The molecule has 6 heteroatoms. The molecule has 0 bridgehead atoms. The average Bonchev–Trinajstić information content (AvgIpc) is 3.41. The van der Waals surface area contributed by atoms with Gasteiger partial charge in [0.25, 0.3) is 11.8 Å². The molecule has 218 valence electrons. The lowest BCUT2D eigenvalue weighted by molar-refractivity contribution is -0.201. The molecule has 0 spiro atoms. The van der Waals surface area contributed by atoms with Crippen molar-refractivity contribution >= 4 is 17.8 Å². The minimum Gasteiger partial charge on any atom is -0.366 e. The predicted octanol–water partition coefficient (Wildman–Crippen LogP) is 7.02. The largest absolute Gasteiger partial charge is 0.366 e. The van der Waals surface area contributed by atoms with E-state index in [0.717, 1.165) is 54.8 Å². The van der Waals surface area contributed by atoms with Crippen LogP contribution in [0.3, 0.4) is 0 Å². The fourth-order valence-corrected chi connectivity index (χ4v) is 9.77. The number of fused-ring (bicyclic) bond motifs is 5. The van der Waals surface area contributed by atoms with E-state index < -0.39 is 17.8 Å². The number of imide groups is 1. The van der Waals surface area contributed by atoms with Crippen LogP contribution in [0.5, 0.6) is 0 Å². The van der Waals surface area contributed by atoms with E-state index in [9.17, 15) is 14.4 Å². The van der Waals surface area contributed by atoms with Crippen LogP contribution >= 0.6 is 0 Å². The van der Waals surface area contributed by atoms with Gasteiger partial charge in [-0.1, -0.05) is 65.5 Å². The first kappa shape index (κ1) is 28.8. The highest BCUT2D eigenvalue weighted by Gasteiger charge is 2.59. The maximum atomic E-state index is 12.3. The number of hydrogen-bond acceptors (Lipinski definition) is 5. The Balaban J connectivity index is 1.18. The third-order valence-electron chi connectivity index (χ3n) is 11.9. The molecule has 0 aromatic carbocycles. The number of hydroxylamine groups is 2. The quantitative estimate of drug-likeness (QED) is 0.232. The number of hydrogen-bond donors (Lipinski definition) is 0. The summed E-state index contributed by atoms with van der Waals surface area (Å²) in [6.07, 6.45) is 16.5. The standard InChI is InChI=1S/C33H51NO5/c1-21(2)7-6-8-22(3)26-11-12-27-25-10-9-23-19-24(15-17-32(23,4)28(25)16-18-33(26,27)5)38-20-31(37)39-34-29(35)13-14-30(34)36/h9,21-22,24-28H,6-8,10-20H2,1-5H3/t22?,24-,25?,26?,27?,28?,32-,33+/m0/s1. The SMILES string of the molecule is CC(C)CCCC(C)C1CCC2C3CC=C4C[C@@H](OCC(=O)ON5C(=O)CCC5=O)CC[C@]4(C)C3CC[C@]12C. The Morgan fingerprint density at radius 1 is 1.00 bits per heavy atom. The van der Waals surface area contributed by atoms with Crippen LogP contribution in [0.25, 0.3) is 0 Å². The topological polar surface area (TPSA) is 72.9 Å². The maximum Gasteiger partial charge on any atom is 0.358 e. The van der Waals surface area contributed by atoms with E-state index in [1.165, 1.54) is 56.9 Å². The van der Waals surface area contributed by atoms with Gasteiger partial charge < -0.3 is 9.57 Å². The molecule has 4 fully saturated rings. The van der Waals surface area contributed by atoms with Gasteiger partial charge in [-0.2, -0.15) is 0 Å². The van der Waals surface area contributed by atoms with Crippen molar-refractivity contribution in [2.75, 3.05) is 6.61 Å². The Hall–Kier alpha value is -1.69. The highest BCUT2D eigenvalue weighted by atomic mass is 16.7. The maximum absolute atomic E-state index is 12.3. The molecule has 1 aliphatic heterocycles. The number of amides is 2. The normalized spacial score (nSPS) is 38.8. The summed E-state index contributed by atoms with van der Waals surface area (Å²) < 4.78 is 5.96. The van der Waals surface area contributed by atoms with Gasteiger partial charge in [0.1, 0.15) is 6.61 Å². The van der Waals surface area contributed by atoms with E-state index in [-0.39, 0.29) is 31.0 Å². The highest BCUT2D eigenvalue weighted by Crippen LogP contribution is 2.67. The molecule has 5 rings (SSSR count). The van der Waals surface area contributed by atoms with Crippen LogP contribution in [0, 0.1) is 46.3 Å². The molecule has 1 heterocycles. The van der Waals surface area contributed by atoms with Gasteiger partial charge in [0.05, 0.1) is 6.10 Å². The lowest BCUT2D eigenvalue weighted by Gasteiger charge is -2.58. The van der Waals surface area contributed by atoms with Gasteiger partial charge in [0.15, 0.2) is 0 Å². The Bertz CT molecular complexity index is 973. The number of carbonyl (C=O) groups is 3. The summed E-state index contributed by atoms with van der Waals surface area (Å²) in [5, 5.41) is 0.601. The molecule has 3 saturated carbocycles. The molecule has 0 aromatic rings. The van der Waals surface area contributed by atoms with E-state index in [2.05, 4.69) is 40.7 Å². The van der Waals surface area contributed by atoms with Gasteiger partial charge in [-0.05, 0) is 97.7 Å². The van der Waals surface area contributed by atoms with Crippen LogP contribution in [-0.2, 0) is 24.0 Å². The molecule has 4 aliphatic carbocycles. The number of rotatable bonds is 9. The van der Waals surface area contributed by atoms with Gasteiger partial charge in [-0.3, -0.25) is 9.59 Å². The summed E-state index contributed by atoms with van der Waals surface area (Å²) >= 11 is 0. The number of nitrogens with zero attached hydrogens (tertiary/aromatic N) is 1. The molecule has 8 atom stereocenters. The summed E-state index contributed by atoms with van der Waals surface area (Å²) in [7, 11) is 0. The second-order valence-electron chi connectivity index (χ2n) is 14.5. The summed E-state index contributed by atoms with van der Waals surface area (Å²) in [6.45, 7) is 12.2. The molecule has 39 heavy (non-hydrogen) atoms. The fourth-order valence-electron chi connectivity index (χ4n) is 9.77. The van der Waals surface area contributed by atoms with Crippen LogP contribution < -0.4 is 0 Å². The van der Waals surface area contributed by atoms with Gasteiger partial charge in [-0.25, -0.2) is 4.79 Å². The monoisotopic (exact) mass is 541 g/mol. The first-order valence-corrected chi connectivity index (χ1v) is 15.9. The zero-order valence-corrected chi connectivity index (χ0v) is 25.0. The molecule has 0 aromatic heterocycles. The molecular formula is C33H51NO5. The third-order valence-corrected chi connectivity index (χ3v) is 11.9. The Morgan fingerprint density at radius 3 is 2.46 bits per heavy atom. The van der Waals surface area contributed by atoms with Crippen molar-refractivity contribution in [3.8, 4) is 0 Å². The molecule has 5 unspecified atom stereocenters. The zero-order valence-electron chi connectivity index (χ0n) is 25.0. The fraction of sp³-hybridized carbons (Fsp3) is 0.848. The van der Waals surface area contributed by atoms with Gasteiger partial charge >= 0.3 is 5.97 Å². The van der Waals surface area contributed by atoms with Crippen LogP contribution in [0.1, 0.15) is 118 Å². The summed E-state index contributed by atoms with van der Waals surface area (Å²) in [5.74, 6) is 3.34. The van der Waals surface area contributed by atoms with E-state index in [1.54, 1.807) is 0 Å². The predicted molar refractivity (Wildman–Crippen MR) is 150 cm³/mol. The minimum absolute atomic E-state index is 0.0187. The van der Waals surface area contributed by atoms with Crippen molar-refractivity contribution in [3.63, 3.8) is 0 Å². The van der Waals surface area contributed by atoms with E-state index >= 15 is 0 Å². The third kappa shape index (κ3) is 5.48. The van der Waals surface area contributed by atoms with Crippen molar-refractivity contribution in [1.82, 2.24) is 5.06 Å². The van der Waals surface area contributed by atoms with Crippen molar-refractivity contribution in [3.05, 3.63) is 11.6 Å². The molecule has 5 aliphatic rings. The Labute approximate surface area is 235 Å². The molecule has 0 N–H and O–H groups in total. The van der Waals surface area contributed by atoms with E-state index in [1.807, 2.05) is 0 Å². The minimum atomic E-state index is -0.676. The van der Waals surface area contributed by atoms with Crippen molar-refractivity contribution in [2.24, 2.45) is 46.3 Å². The number of allylic oxidation sites excluding steroid dienone is 1. The lowest BCUT2D eigenvalue weighted by atomic mass is 9.47.